The monoisotopic (exact) mass is 334 g/mol. The molecule has 2 heterocycles. The molecule has 3 aromatic rings. The molecule has 128 valence electrons. The maximum absolute atomic E-state index is 9.52. The van der Waals surface area contributed by atoms with E-state index in [1.807, 2.05) is 4.57 Å². The fourth-order valence-corrected chi connectivity index (χ4v) is 2.94. The lowest BCUT2D eigenvalue weighted by molar-refractivity contribution is 0.590. The van der Waals surface area contributed by atoms with E-state index in [-0.39, 0.29) is 5.41 Å². The van der Waals surface area contributed by atoms with Crippen LogP contribution in [0.25, 0.3) is 11.0 Å². The standard InChI is InChI=1S/C19H22N6/c1-19(2,3)13-7-5-12(6-8-13)10-25-16(21)14(9-20)15-17(22-4)23-11-24-18(15)25/h5-8,11H,10,21H2,1-4H3,(H,22,23,24). The summed E-state index contributed by atoms with van der Waals surface area (Å²) in [6, 6.07) is 10.6. The molecule has 0 aliphatic carbocycles. The third-order valence-corrected chi connectivity index (χ3v) is 4.39. The summed E-state index contributed by atoms with van der Waals surface area (Å²) in [5.41, 5.74) is 9.80. The lowest BCUT2D eigenvalue weighted by atomic mass is 9.87. The average molecular weight is 334 g/mol. The van der Waals surface area contributed by atoms with E-state index in [1.165, 1.54) is 11.9 Å². The van der Waals surface area contributed by atoms with E-state index in [0.717, 1.165) is 5.56 Å². The number of aromatic nitrogens is 3. The number of hydrogen-bond donors (Lipinski definition) is 2. The van der Waals surface area contributed by atoms with E-state index in [4.69, 9.17) is 5.73 Å². The van der Waals surface area contributed by atoms with Crippen LogP contribution in [-0.2, 0) is 12.0 Å². The topological polar surface area (TPSA) is 92.6 Å². The number of fused-ring (bicyclic) bond motifs is 1. The molecule has 0 amide bonds. The second-order valence-corrected chi connectivity index (χ2v) is 7.08. The Kier molecular flexibility index (Phi) is 4.09. The molecule has 6 heteroatoms. The van der Waals surface area contributed by atoms with E-state index in [0.29, 0.717) is 34.8 Å². The molecular weight excluding hydrogens is 312 g/mol. The van der Waals surface area contributed by atoms with E-state index >= 15 is 0 Å². The molecule has 0 aliphatic heterocycles. The van der Waals surface area contributed by atoms with Crippen LogP contribution in [0.2, 0.25) is 0 Å². The van der Waals surface area contributed by atoms with Gasteiger partial charge in [0.2, 0.25) is 0 Å². The van der Waals surface area contributed by atoms with Crippen molar-refractivity contribution < 1.29 is 0 Å². The second kappa shape index (κ2) is 6.10. The summed E-state index contributed by atoms with van der Waals surface area (Å²) in [7, 11) is 1.77. The van der Waals surface area contributed by atoms with Gasteiger partial charge < -0.3 is 15.6 Å². The molecule has 0 atom stereocenters. The normalized spacial score (nSPS) is 11.5. The Labute approximate surface area is 147 Å². The number of nitrogen functional groups attached to an aromatic ring is 1. The van der Waals surface area contributed by atoms with Gasteiger partial charge in [0.25, 0.3) is 0 Å². The summed E-state index contributed by atoms with van der Waals surface area (Å²) in [6.07, 6.45) is 1.48. The molecule has 0 aliphatic rings. The van der Waals surface area contributed by atoms with Crippen molar-refractivity contribution in [3.8, 4) is 6.07 Å². The van der Waals surface area contributed by atoms with Crippen LogP contribution in [0.3, 0.4) is 0 Å². The molecule has 2 aromatic heterocycles. The molecule has 0 saturated carbocycles. The minimum Gasteiger partial charge on any atom is -0.384 e. The molecular formula is C19H22N6. The zero-order valence-electron chi connectivity index (χ0n) is 15.0. The number of benzene rings is 1. The molecule has 25 heavy (non-hydrogen) atoms. The van der Waals surface area contributed by atoms with Gasteiger partial charge in [-0.25, -0.2) is 9.97 Å². The van der Waals surface area contributed by atoms with Gasteiger partial charge in [-0.2, -0.15) is 5.26 Å². The fraction of sp³-hybridized carbons (Fsp3) is 0.316. The maximum Gasteiger partial charge on any atom is 0.148 e. The predicted molar refractivity (Wildman–Crippen MR) is 100 cm³/mol. The van der Waals surface area contributed by atoms with Crippen LogP contribution in [0.15, 0.2) is 30.6 Å². The summed E-state index contributed by atoms with van der Waals surface area (Å²) in [5, 5.41) is 13.2. The van der Waals surface area contributed by atoms with Crippen LogP contribution in [0.4, 0.5) is 11.6 Å². The molecule has 0 spiro atoms. The van der Waals surface area contributed by atoms with Gasteiger partial charge in [0.15, 0.2) is 0 Å². The highest BCUT2D eigenvalue weighted by molar-refractivity contribution is 5.97. The second-order valence-electron chi connectivity index (χ2n) is 7.08. The highest BCUT2D eigenvalue weighted by Crippen LogP contribution is 2.31. The third-order valence-electron chi connectivity index (χ3n) is 4.39. The largest absolute Gasteiger partial charge is 0.384 e. The minimum atomic E-state index is 0.112. The Balaban J connectivity index is 2.08. The minimum absolute atomic E-state index is 0.112. The smallest absolute Gasteiger partial charge is 0.148 e. The number of nitrogens with two attached hydrogens (primary N) is 1. The number of nitrogens with zero attached hydrogens (tertiary/aromatic N) is 4. The van der Waals surface area contributed by atoms with Crippen molar-refractivity contribution in [2.24, 2.45) is 0 Å². The van der Waals surface area contributed by atoms with Crippen LogP contribution in [0.1, 0.15) is 37.5 Å². The van der Waals surface area contributed by atoms with Gasteiger partial charge in [0.1, 0.15) is 35.2 Å². The molecule has 6 nitrogen and oxygen atoms in total. The van der Waals surface area contributed by atoms with E-state index in [1.54, 1.807) is 7.05 Å². The quantitative estimate of drug-likeness (QED) is 0.767. The summed E-state index contributed by atoms with van der Waals surface area (Å²) in [5.74, 6) is 1.02. The molecule has 0 unspecified atom stereocenters. The third kappa shape index (κ3) is 2.89. The summed E-state index contributed by atoms with van der Waals surface area (Å²) in [4.78, 5) is 8.54. The van der Waals surface area contributed by atoms with Gasteiger partial charge in [0.05, 0.1) is 11.9 Å². The van der Waals surface area contributed by atoms with Crippen molar-refractivity contribution in [3.63, 3.8) is 0 Å². The van der Waals surface area contributed by atoms with Crippen molar-refractivity contribution in [3.05, 3.63) is 47.3 Å². The molecule has 3 rings (SSSR count). The first-order valence-corrected chi connectivity index (χ1v) is 8.16. The number of nitrogens with one attached hydrogen (secondary N) is 1. The Morgan fingerprint density at radius 3 is 2.44 bits per heavy atom. The van der Waals surface area contributed by atoms with Crippen molar-refractivity contribution in [1.82, 2.24) is 14.5 Å². The molecule has 1 aromatic carbocycles. The predicted octanol–water partition coefficient (Wildman–Crippen LogP) is 3.27. The van der Waals surface area contributed by atoms with E-state index < -0.39 is 0 Å². The number of nitriles is 1. The van der Waals surface area contributed by atoms with Gasteiger partial charge in [0, 0.05) is 7.05 Å². The Hall–Kier alpha value is -3.07. The first-order chi connectivity index (χ1) is 11.9. The highest BCUT2D eigenvalue weighted by atomic mass is 15.1. The lowest BCUT2D eigenvalue weighted by Crippen LogP contribution is -2.11. The first kappa shape index (κ1) is 16.8. The van der Waals surface area contributed by atoms with Crippen molar-refractivity contribution in [2.75, 3.05) is 18.1 Å². The fourth-order valence-electron chi connectivity index (χ4n) is 2.94. The van der Waals surface area contributed by atoms with Crippen molar-refractivity contribution in [2.45, 2.75) is 32.7 Å². The van der Waals surface area contributed by atoms with E-state index in [2.05, 4.69) is 66.4 Å². The molecule has 0 saturated heterocycles. The Morgan fingerprint density at radius 2 is 1.88 bits per heavy atom. The zero-order valence-corrected chi connectivity index (χ0v) is 15.0. The summed E-state index contributed by atoms with van der Waals surface area (Å²) in [6.45, 7) is 7.12. The van der Waals surface area contributed by atoms with Gasteiger partial charge in [-0.15, -0.1) is 0 Å². The molecule has 0 fully saturated rings. The van der Waals surface area contributed by atoms with Crippen LogP contribution in [-0.4, -0.2) is 21.6 Å². The Morgan fingerprint density at radius 1 is 1.20 bits per heavy atom. The first-order valence-electron chi connectivity index (χ1n) is 8.16. The summed E-state index contributed by atoms with van der Waals surface area (Å²) >= 11 is 0. The summed E-state index contributed by atoms with van der Waals surface area (Å²) < 4.78 is 1.86. The molecule has 3 N–H and O–H groups in total. The number of rotatable bonds is 3. The van der Waals surface area contributed by atoms with E-state index in [9.17, 15) is 5.26 Å². The molecule has 0 bridgehead atoms. The maximum atomic E-state index is 9.52. The number of anilines is 2. The SMILES string of the molecule is CNc1ncnc2c1c(C#N)c(N)n2Cc1ccc(C(C)(C)C)cc1. The van der Waals surface area contributed by atoms with Crippen LogP contribution >= 0.6 is 0 Å². The van der Waals surface area contributed by atoms with Crippen LogP contribution in [0, 0.1) is 11.3 Å². The van der Waals surface area contributed by atoms with Crippen LogP contribution in [0.5, 0.6) is 0 Å². The Bertz CT molecular complexity index is 955. The van der Waals surface area contributed by atoms with Crippen molar-refractivity contribution in [1.29, 1.82) is 5.26 Å². The zero-order chi connectivity index (χ0) is 18.2. The van der Waals surface area contributed by atoms with Gasteiger partial charge in [-0.05, 0) is 16.5 Å². The van der Waals surface area contributed by atoms with Gasteiger partial charge in [-0.1, -0.05) is 45.0 Å². The average Bonchev–Trinajstić information content (AvgIpc) is 2.86. The van der Waals surface area contributed by atoms with Gasteiger partial charge >= 0.3 is 0 Å². The highest BCUT2D eigenvalue weighted by Gasteiger charge is 2.20. The van der Waals surface area contributed by atoms with Gasteiger partial charge in [-0.3, -0.25) is 0 Å². The molecule has 0 radical (unpaired) electrons. The van der Waals surface area contributed by atoms with Crippen LogP contribution < -0.4 is 11.1 Å². The number of hydrogen-bond acceptors (Lipinski definition) is 5. The lowest BCUT2D eigenvalue weighted by Gasteiger charge is -2.19. The van der Waals surface area contributed by atoms with Crippen molar-refractivity contribution >= 4 is 22.7 Å².